The van der Waals surface area contributed by atoms with Crippen molar-refractivity contribution >= 4 is 29.1 Å². The van der Waals surface area contributed by atoms with Crippen molar-refractivity contribution in [1.29, 1.82) is 0 Å². The lowest BCUT2D eigenvalue weighted by molar-refractivity contribution is -0.676. The fraction of sp³-hybridized carbons (Fsp3) is 0.636. The molecule has 4 saturated carbocycles. The Balaban J connectivity index is 1.20. The van der Waals surface area contributed by atoms with Crippen LogP contribution >= 0.6 is 11.6 Å². The van der Waals surface area contributed by atoms with Crippen molar-refractivity contribution in [3.8, 4) is 0 Å². The van der Waals surface area contributed by atoms with E-state index in [1.54, 1.807) is 24.3 Å². The molecule has 5 heteroatoms. The molecule has 1 aromatic rings. The van der Waals surface area contributed by atoms with E-state index < -0.39 is 0 Å². The number of anilines is 1. The number of hydrogen-bond acceptors (Lipinski definition) is 2. The molecule has 4 bridgehead atoms. The van der Waals surface area contributed by atoms with Gasteiger partial charge in [0.05, 0.1) is 18.7 Å². The van der Waals surface area contributed by atoms with Crippen LogP contribution in [-0.2, 0) is 9.59 Å². The van der Waals surface area contributed by atoms with Crippen molar-refractivity contribution < 1.29 is 14.9 Å². The highest BCUT2D eigenvalue weighted by atomic mass is 35.5. The SMILES string of the molecule is O=C1C[C@H]([NH2+]CCC23CC4CC(CC(C4)C2)C3)C(=O)N1c1ccc(Cl)cc1. The summed E-state index contributed by atoms with van der Waals surface area (Å²) in [6.07, 6.45) is 10.1. The Bertz CT molecular complexity index is 725. The predicted molar refractivity (Wildman–Crippen MR) is 104 cm³/mol. The second kappa shape index (κ2) is 6.59. The van der Waals surface area contributed by atoms with Crippen molar-refractivity contribution in [3.05, 3.63) is 29.3 Å². The molecule has 1 atom stereocenters. The van der Waals surface area contributed by atoms with Crippen molar-refractivity contribution in [1.82, 2.24) is 0 Å². The number of carbonyl (C=O) groups excluding carboxylic acids is 2. The highest BCUT2D eigenvalue weighted by Gasteiger charge is 2.51. The van der Waals surface area contributed by atoms with Gasteiger partial charge in [0.15, 0.2) is 6.04 Å². The number of rotatable bonds is 5. The van der Waals surface area contributed by atoms with Crippen LogP contribution in [0.25, 0.3) is 0 Å². The zero-order chi connectivity index (χ0) is 18.6. The van der Waals surface area contributed by atoms with Crippen molar-refractivity contribution in [2.24, 2.45) is 23.2 Å². The molecule has 5 fully saturated rings. The number of imide groups is 1. The predicted octanol–water partition coefficient (Wildman–Crippen LogP) is 3.14. The molecule has 0 spiro atoms. The third-order valence-corrected chi connectivity index (χ3v) is 7.81. The Morgan fingerprint density at radius 2 is 1.59 bits per heavy atom. The topological polar surface area (TPSA) is 54.0 Å². The second-order valence-electron chi connectivity index (χ2n) is 9.55. The van der Waals surface area contributed by atoms with Crippen LogP contribution in [0.15, 0.2) is 24.3 Å². The van der Waals surface area contributed by atoms with Gasteiger partial charge < -0.3 is 5.32 Å². The molecule has 0 unspecified atom stereocenters. The standard InChI is InChI=1S/C22H27ClN2O2/c23-17-1-3-18(4-2-17)25-20(26)10-19(21(25)27)24-6-5-22-11-14-7-15(12-22)9-16(8-14)13-22/h1-4,14-16,19,24H,5-13H2/p+1/t14?,15?,16?,19-,22?/m0/s1. The molecule has 4 nitrogen and oxygen atoms in total. The van der Waals surface area contributed by atoms with Gasteiger partial charge in [-0.1, -0.05) is 11.6 Å². The summed E-state index contributed by atoms with van der Waals surface area (Å²) in [5.41, 5.74) is 1.17. The molecule has 4 aliphatic carbocycles. The number of carbonyl (C=O) groups is 2. The van der Waals surface area contributed by atoms with E-state index in [-0.39, 0.29) is 17.9 Å². The Morgan fingerprint density at radius 3 is 2.19 bits per heavy atom. The molecule has 1 aliphatic heterocycles. The molecular formula is C22H28ClN2O2+. The van der Waals surface area contributed by atoms with Crippen LogP contribution in [-0.4, -0.2) is 24.4 Å². The van der Waals surface area contributed by atoms with Crippen LogP contribution in [0.2, 0.25) is 5.02 Å². The lowest BCUT2D eigenvalue weighted by Gasteiger charge is -2.56. The van der Waals surface area contributed by atoms with E-state index in [4.69, 9.17) is 11.6 Å². The summed E-state index contributed by atoms with van der Waals surface area (Å²) in [5, 5.41) is 2.74. The summed E-state index contributed by atoms with van der Waals surface area (Å²) in [6.45, 7) is 0.963. The van der Waals surface area contributed by atoms with E-state index in [0.29, 0.717) is 22.5 Å². The molecule has 1 saturated heterocycles. The first-order valence-corrected chi connectivity index (χ1v) is 10.8. The minimum absolute atomic E-state index is 0.0761. The average Bonchev–Trinajstić information content (AvgIpc) is 2.88. The lowest BCUT2D eigenvalue weighted by atomic mass is 9.49. The van der Waals surface area contributed by atoms with Gasteiger partial charge in [-0.3, -0.25) is 9.59 Å². The fourth-order valence-electron chi connectivity index (χ4n) is 6.89. The van der Waals surface area contributed by atoms with Gasteiger partial charge in [-0.15, -0.1) is 0 Å². The monoisotopic (exact) mass is 387 g/mol. The second-order valence-corrected chi connectivity index (χ2v) is 9.98. The Hall–Kier alpha value is -1.39. The van der Waals surface area contributed by atoms with Gasteiger partial charge in [-0.05, 0) is 86.0 Å². The van der Waals surface area contributed by atoms with Gasteiger partial charge in [0.1, 0.15) is 0 Å². The Morgan fingerprint density at radius 1 is 1.00 bits per heavy atom. The number of hydrogen-bond donors (Lipinski definition) is 1. The van der Waals surface area contributed by atoms with Crippen molar-refractivity contribution in [2.75, 3.05) is 11.4 Å². The minimum atomic E-state index is -0.262. The van der Waals surface area contributed by atoms with Gasteiger partial charge in [0, 0.05) is 11.4 Å². The van der Waals surface area contributed by atoms with Crippen molar-refractivity contribution in [3.63, 3.8) is 0 Å². The number of nitrogens with two attached hydrogens (primary N) is 1. The van der Waals surface area contributed by atoms with Crippen LogP contribution in [0.3, 0.4) is 0 Å². The average molecular weight is 388 g/mol. The summed E-state index contributed by atoms with van der Waals surface area (Å²) in [5.74, 6) is 2.72. The molecular weight excluding hydrogens is 360 g/mol. The molecule has 0 radical (unpaired) electrons. The zero-order valence-electron chi connectivity index (χ0n) is 15.7. The molecule has 27 heavy (non-hydrogen) atoms. The molecule has 5 aliphatic rings. The minimum Gasteiger partial charge on any atom is -0.336 e. The summed E-state index contributed by atoms with van der Waals surface area (Å²) in [6, 6.07) is 6.68. The molecule has 1 aromatic carbocycles. The molecule has 6 rings (SSSR count). The van der Waals surface area contributed by atoms with E-state index in [9.17, 15) is 9.59 Å². The Labute approximate surface area is 165 Å². The maximum absolute atomic E-state index is 12.8. The quantitative estimate of drug-likeness (QED) is 0.789. The van der Waals surface area contributed by atoms with Crippen LogP contribution in [0.1, 0.15) is 51.4 Å². The van der Waals surface area contributed by atoms with Crippen LogP contribution < -0.4 is 10.2 Å². The van der Waals surface area contributed by atoms with Gasteiger partial charge in [0.25, 0.3) is 5.91 Å². The van der Waals surface area contributed by atoms with E-state index in [2.05, 4.69) is 5.32 Å². The van der Waals surface area contributed by atoms with E-state index in [0.717, 1.165) is 24.3 Å². The van der Waals surface area contributed by atoms with Crippen LogP contribution in [0.5, 0.6) is 0 Å². The number of benzene rings is 1. The summed E-state index contributed by atoms with van der Waals surface area (Å²) < 4.78 is 0. The van der Waals surface area contributed by atoms with Gasteiger partial charge in [-0.25, -0.2) is 4.90 Å². The summed E-state index contributed by atoms with van der Waals surface area (Å²) in [4.78, 5) is 26.5. The van der Waals surface area contributed by atoms with E-state index in [1.807, 2.05) is 0 Å². The first-order chi connectivity index (χ1) is 13.0. The molecule has 1 heterocycles. The van der Waals surface area contributed by atoms with E-state index in [1.165, 1.54) is 49.8 Å². The third-order valence-electron chi connectivity index (χ3n) is 7.56. The molecule has 2 amide bonds. The normalized spacial score (nSPS) is 37.4. The number of quaternary nitrogens is 1. The van der Waals surface area contributed by atoms with Crippen LogP contribution in [0.4, 0.5) is 5.69 Å². The number of nitrogens with zero attached hydrogens (tertiary/aromatic N) is 1. The van der Waals surface area contributed by atoms with Gasteiger partial charge in [0.2, 0.25) is 5.91 Å². The largest absolute Gasteiger partial charge is 0.336 e. The van der Waals surface area contributed by atoms with E-state index >= 15 is 0 Å². The molecule has 0 aromatic heterocycles. The van der Waals surface area contributed by atoms with Crippen LogP contribution in [0, 0.1) is 23.2 Å². The first kappa shape index (κ1) is 17.7. The summed E-state index contributed by atoms with van der Waals surface area (Å²) in [7, 11) is 0. The molecule has 144 valence electrons. The van der Waals surface area contributed by atoms with Gasteiger partial charge >= 0.3 is 0 Å². The zero-order valence-corrected chi connectivity index (χ0v) is 16.5. The lowest BCUT2D eigenvalue weighted by Crippen LogP contribution is -2.92. The first-order valence-electron chi connectivity index (χ1n) is 10.5. The fourth-order valence-corrected chi connectivity index (χ4v) is 7.01. The number of halogens is 1. The highest BCUT2D eigenvalue weighted by Crippen LogP contribution is 2.61. The highest BCUT2D eigenvalue weighted by molar-refractivity contribution is 6.30. The Kier molecular flexibility index (Phi) is 4.32. The molecule has 2 N–H and O–H groups in total. The van der Waals surface area contributed by atoms with Crippen molar-refractivity contribution in [2.45, 2.75) is 57.4 Å². The smallest absolute Gasteiger partial charge is 0.292 e. The maximum Gasteiger partial charge on any atom is 0.292 e. The van der Waals surface area contributed by atoms with Gasteiger partial charge in [-0.2, -0.15) is 0 Å². The maximum atomic E-state index is 12.8. The number of amides is 2. The third kappa shape index (κ3) is 3.21. The summed E-state index contributed by atoms with van der Waals surface area (Å²) >= 11 is 5.92.